The van der Waals surface area contributed by atoms with Crippen LogP contribution >= 0.6 is 0 Å². The van der Waals surface area contributed by atoms with Crippen LogP contribution in [-0.4, -0.2) is 23.2 Å². The molecule has 0 aliphatic carbocycles. The fraction of sp³-hybridized carbons (Fsp3) is 0.0952. The van der Waals surface area contributed by atoms with Crippen molar-refractivity contribution in [2.45, 2.75) is 18.7 Å². The van der Waals surface area contributed by atoms with E-state index >= 15 is 0 Å². The third kappa shape index (κ3) is 2.61. The van der Waals surface area contributed by atoms with Crippen molar-refractivity contribution in [3.8, 4) is 11.3 Å². The van der Waals surface area contributed by atoms with Crippen LogP contribution in [0.15, 0.2) is 71.9 Å². The smallest absolute Gasteiger partial charge is 0.268 e. The summed E-state index contributed by atoms with van der Waals surface area (Å²) in [6.07, 6.45) is 3.28. The largest absolute Gasteiger partial charge is 0.366 e. The molecule has 0 unspecified atom stereocenters. The maximum atomic E-state index is 13.5. The second-order valence-electron chi connectivity index (χ2n) is 6.41. The summed E-state index contributed by atoms with van der Waals surface area (Å²) in [6, 6.07) is 15.7. The molecule has 4 aromatic rings. The number of ketones is 1. The van der Waals surface area contributed by atoms with Crippen molar-refractivity contribution in [3.05, 3.63) is 78.1 Å². The van der Waals surface area contributed by atoms with Gasteiger partial charge in [0.15, 0.2) is 5.78 Å². The van der Waals surface area contributed by atoms with Crippen molar-refractivity contribution in [1.29, 1.82) is 0 Å². The molecular weight excluding hydrogens is 360 g/mol. The van der Waals surface area contributed by atoms with Crippen LogP contribution in [0.5, 0.6) is 0 Å². The van der Waals surface area contributed by atoms with Crippen LogP contribution in [-0.2, 0) is 10.0 Å². The number of hydrogen-bond acceptors (Lipinski definition) is 3. The molecule has 1 N–H and O–H groups in total. The van der Waals surface area contributed by atoms with Gasteiger partial charge in [0, 0.05) is 28.9 Å². The summed E-state index contributed by atoms with van der Waals surface area (Å²) >= 11 is 0. The number of fused-ring (bicyclic) bond motifs is 1. The molecule has 0 bridgehead atoms. The Hall–Kier alpha value is -3.12. The Bertz CT molecular complexity index is 1270. The van der Waals surface area contributed by atoms with E-state index < -0.39 is 10.0 Å². The lowest BCUT2D eigenvalue weighted by Gasteiger charge is -2.13. The van der Waals surface area contributed by atoms with E-state index in [1.807, 2.05) is 25.1 Å². The summed E-state index contributed by atoms with van der Waals surface area (Å²) in [5.74, 6) is -0.125. The Kier molecular flexibility index (Phi) is 4.00. The number of aryl methyl sites for hydroxylation is 1. The summed E-state index contributed by atoms with van der Waals surface area (Å²) in [6.45, 7) is 3.35. The predicted molar refractivity (Wildman–Crippen MR) is 105 cm³/mol. The van der Waals surface area contributed by atoms with Crippen LogP contribution < -0.4 is 0 Å². The van der Waals surface area contributed by atoms with E-state index in [1.54, 1.807) is 48.8 Å². The minimum atomic E-state index is -3.85. The number of carbonyl (C=O) groups excluding carboxylic acids is 1. The first-order chi connectivity index (χ1) is 12.9. The molecule has 4 rings (SSSR count). The van der Waals surface area contributed by atoms with Crippen molar-refractivity contribution in [1.82, 2.24) is 8.96 Å². The number of benzene rings is 2. The summed E-state index contributed by atoms with van der Waals surface area (Å²) in [5.41, 5.74) is 2.95. The van der Waals surface area contributed by atoms with Gasteiger partial charge in [-0.1, -0.05) is 36.4 Å². The third-order valence-corrected chi connectivity index (χ3v) is 6.47. The van der Waals surface area contributed by atoms with Gasteiger partial charge < -0.3 is 4.98 Å². The van der Waals surface area contributed by atoms with Crippen molar-refractivity contribution in [2.75, 3.05) is 0 Å². The van der Waals surface area contributed by atoms with Crippen LogP contribution in [0.4, 0.5) is 0 Å². The Morgan fingerprint density at radius 2 is 1.63 bits per heavy atom. The topological polar surface area (TPSA) is 71.9 Å². The number of para-hydroxylation sites is 1. The van der Waals surface area contributed by atoms with Gasteiger partial charge in [-0.05, 0) is 37.6 Å². The predicted octanol–water partition coefficient (Wildman–Crippen LogP) is 4.38. The number of aromatic nitrogens is 2. The Balaban J connectivity index is 2.15. The number of aromatic amines is 1. The van der Waals surface area contributed by atoms with Crippen molar-refractivity contribution >= 4 is 26.7 Å². The zero-order chi connectivity index (χ0) is 19.2. The van der Waals surface area contributed by atoms with Crippen molar-refractivity contribution in [3.63, 3.8) is 0 Å². The molecule has 6 heteroatoms. The number of nitrogens with zero attached hydrogens (tertiary/aromatic N) is 1. The summed E-state index contributed by atoms with van der Waals surface area (Å²) < 4.78 is 28.4. The maximum Gasteiger partial charge on any atom is 0.268 e. The minimum Gasteiger partial charge on any atom is -0.366 e. The molecule has 2 aromatic heterocycles. The second-order valence-corrected chi connectivity index (χ2v) is 8.20. The first kappa shape index (κ1) is 17.3. The average molecular weight is 378 g/mol. The molecule has 0 amide bonds. The van der Waals surface area contributed by atoms with Gasteiger partial charge in [0.2, 0.25) is 0 Å². The van der Waals surface area contributed by atoms with Gasteiger partial charge in [0.25, 0.3) is 10.0 Å². The number of H-pyrrole nitrogens is 1. The normalized spacial score (nSPS) is 11.8. The molecule has 0 aliphatic heterocycles. The van der Waals surface area contributed by atoms with Crippen LogP contribution in [0.1, 0.15) is 22.8 Å². The first-order valence-electron chi connectivity index (χ1n) is 8.51. The van der Waals surface area contributed by atoms with Gasteiger partial charge in [0.05, 0.1) is 16.1 Å². The molecule has 0 radical (unpaired) electrons. The Morgan fingerprint density at radius 3 is 2.33 bits per heavy atom. The van der Waals surface area contributed by atoms with Crippen LogP contribution in [0.25, 0.3) is 22.2 Å². The van der Waals surface area contributed by atoms with Gasteiger partial charge in [-0.3, -0.25) is 4.79 Å². The lowest BCUT2D eigenvalue weighted by Crippen LogP contribution is -2.14. The molecule has 5 nitrogen and oxygen atoms in total. The van der Waals surface area contributed by atoms with Gasteiger partial charge in [-0.2, -0.15) is 0 Å². The first-order valence-corrected chi connectivity index (χ1v) is 9.95. The summed E-state index contributed by atoms with van der Waals surface area (Å²) in [5, 5.41) is 0.836. The van der Waals surface area contributed by atoms with Gasteiger partial charge in [-0.25, -0.2) is 12.4 Å². The molecular formula is C21H18N2O3S. The quantitative estimate of drug-likeness (QED) is 0.536. The molecule has 2 heterocycles. The Labute approximate surface area is 157 Å². The second kappa shape index (κ2) is 6.25. The van der Waals surface area contributed by atoms with E-state index in [1.165, 1.54) is 10.9 Å². The molecule has 0 aliphatic rings. The molecule has 27 heavy (non-hydrogen) atoms. The highest BCUT2D eigenvalue weighted by atomic mass is 32.2. The SMILES string of the molecule is CC(=O)c1c[nH]cc1-c1c(C)c2ccccc2n1S(=O)(=O)c1ccccc1. The summed E-state index contributed by atoms with van der Waals surface area (Å²) in [4.78, 5) is 15.2. The number of carbonyl (C=O) groups is 1. The van der Waals surface area contributed by atoms with Crippen LogP contribution in [0.2, 0.25) is 0 Å². The number of rotatable bonds is 4. The fourth-order valence-corrected chi connectivity index (χ4v) is 5.08. The van der Waals surface area contributed by atoms with Gasteiger partial charge in [0.1, 0.15) is 0 Å². The highest BCUT2D eigenvalue weighted by molar-refractivity contribution is 7.90. The molecule has 0 saturated heterocycles. The van der Waals surface area contributed by atoms with E-state index in [0.29, 0.717) is 22.3 Å². The van der Waals surface area contributed by atoms with E-state index in [-0.39, 0.29) is 10.7 Å². The van der Waals surface area contributed by atoms with Crippen molar-refractivity contribution in [2.24, 2.45) is 0 Å². The minimum absolute atomic E-state index is 0.125. The Morgan fingerprint density at radius 1 is 0.963 bits per heavy atom. The van der Waals surface area contributed by atoms with E-state index in [0.717, 1.165) is 10.9 Å². The molecule has 0 spiro atoms. The zero-order valence-electron chi connectivity index (χ0n) is 14.9. The molecule has 0 atom stereocenters. The van der Waals surface area contributed by atoms with E-state index in [9.17, 15) is 13.2 Å². The monoisotopic (exact) mass is 378 g/mol. The lowest BCUT2D eigenvalue weighted by molar-refractivity contribution is 0.101. The summed E-state index contributed by atoms with van der Waals surface area (Å²) in [7, 11) is -3.85. The third-order valence-electron chi connectivity index (χ3n) is 4.75. The van der Waals surface area contributed by atoms with Gasteiger partial charge in [-0.15, -0.1) is 0 Å². The fourth-order valence-electron chi connectivity index (χ4n) is 3.48. The lowest BCUT2D eigenvalue weighted by atomic mass is 10.0. The molecule has 136 valence electrons. The van der Waals surface area contributed by atoms with E-state index in [2.05, 4.69) is 4.98 Å². The van der Waals surface area contributed by atoms with Crippen LogP contribution in [0.3, 0.4) is 0 Å². The molecule has 0 fully saturated rings. The number of nitrogens with one attached hydrogen (secondary N) is 1. The van der Waals surface area contributed by atoms with E-state index in [4.69, 9.17) is 0 Å². The maximum absolute atomic E-state index is 13.5. The van der Waals surface area contributed by atoms with Crippen LogP contribution in [0, 0.1) is 6.92 Å². The standard InChI is InChI=1S/C21H18N2O3S/c1-14-17-10-6-7-11-20(17)23(27(25,26)16-8-4-3-5-9-16)21(14)19-13-22-12-18(19)15(2)24/h3-13,22H,1-2H3. The highest BCUT2D eigenvalue weighted by Gasteiger charge is 2.28. The van der Waals surface area contributed by atoms with Gasteiger partial charge >= 0.3 is 0 Å². The number of Topliss-reactive ketones (excluding diaryl/α,β-unsaturated/α-hetero) is 1. The molecule has 0 saturated carbocycles. The number of hydrogen-bond donors (Lipinski definition) is 1. The molecule has 2 aromatic carbocycles. The average Bonchev–Trinajstić information content (AvgIpc) is 3.26. The van der Waals surface area contributed by atoms with Crippen molar-refractivity contribution < 1.29 is 13.2 Å². The zero-order valence-corrected chi connectivity index (χ0v) is 15.7. The highest BCUT2D eigenvalue weighted by Crippen LogP contribution is 2.37.